The molecule has 0 spiro atoms. The van der Waals surface area contributed by atoms with Crippen molar-refractivity contribution >= 4 is 0 Å². The molecule has 2 aromatic heterocycles. The maximum absolute atomic E-state index is 5.39. The molecule has 0 aliphatic heterocycles. The number of rotatable bonds is 4. The first kappa shape index (κ1) is 9.72. The molecule has 0 unspecified atom stereocenters. The number of pyridine rings is 1. The first-order valence-corrected chi connectivity index (χ1v) is 4.74. The molecule has 0 amide bonds. The van der Waals surface area contributed by atoms with E-state index in [1.54, 1.807) is 12.4 Å². The molecule has 0 aliphatic rings. The Labute approximate surface area is 87.1 Å². The lowest BCUT2D eigenvalue weighted by atomic mass is 10.2. The third kappa shape index (κ3) is 2.57. The largest absolute Gasteiger partial charge is 0.329 e. The smallest absolute Gasteiger partial charge is 0.179 e. The Morgan fingerprint density at radius 1 is 1.27 bits per heavy atom. The Hall–Kier alpha value is -1.82. The third-order valence-corrected chi connectivity index (χ3v) is 1.93. The zero-order chi connectivity index (χ0) is 10.5. The lowest BCUT2D eigenvalue weighted by Crippen LogP contribution is -2.12. The van der Waals surface area contributed by atoms with E-state index in [-0.39, 0.29) is 0 Å². The van der Waals surface area contributed by atoms with Gasteiger partial charge in [-0.05, 0) is 22.9 Å². The van der Waals surface area contributed by atoms with Crippen molar-refractivity contribution in [1.82, 2.24) is 25.2 Å². The molecule has 2 heterocycles. The van der Waals surface area contributed by atoms with Crippen LogP contribution in [0.25, 0.3) is 0 Å². The molecule has 0 saturated carbocycles. The van der Waals surface area contributed by atoms with Crippen LogP contribution in [-0.4, -0.2) is 31.7 Å². The van der Waals surface area contributed by atoms with Gasteiger partial charge in [-0.15, -0.1) is 10.2 Å². The number of nitrogens with two attached hydrogens (primary N) is 1. The lowest BCUT2D eigenvalue weighted by Gasteiger charge is -1.94. The van der Waals surface area contributed by atoms with Gasteiger partial charge in [0.05, 0.1) is 6.54 Å². The van der Waals surface area contributed by atoms with Crippen LogP contribution in [0.5, 0.6) is 0 Å². The average Bonchev–Trinajstić information content (AvgIpc) is 2.68. The van der Waals surface area contributed by atoms with E-state index in [9.17, 15) is 0 Å². The normalized spacial score (nSPS) is 10.5. The summed E-state index contributed by atoms with van der Waals surface area (Å²) in [5.74, 6) is 0.703. The summed E-state index contributed by atoms with van der Waals surface area (Å²) in [5, 5.41) is 12.0. The van der Waals surface area contributed by atoms with Crippen LogP contribution in [0.2, 0.25) is 0 Å². The summed E-state index contributed by atoms with van der Waals surface area (Å²) < 4.78 is 0. The van der Waals surface area contributed by atoms with Gasteiger partial charge in [0.15, 0.2) is 5.82 Å². The van der Waals surface area contributed by atoms with Crippen molar-refractivity contribution in [3.05, 3.63) is 35.9 Å². The van der Waals surface area contributed by atoms with Crippen molar-refractivity contribution < 1.29 is 0 Å². The van der Waals surface area contributed by atoms with E-state index in [0.717, 1.165) is 5.56 Å². The molecular formula is C9H12N6. The van der Waals surface area contributed by atoms with Crippen molar-refractivity contribution in [2.45, 2.75) is 13.0 Å². The van der Waals surface area contributed by atoms with E-state index in [1.807, 2.05) is 12.1 Å². The molecule has 0 atom stereocenters. The Kier molecular flexibility index (Phi) is 2.99. The molecule has 15 heavy (non-hydrogen) atoms. The van der Waals surface area contributed by atoms with Gasteiger partial charge in [0.25, 0.3) is 0 Å². The van der Waals surface area contributed by atoms with Gasteiger partial charge in [-0.25, -0.2) is 0 Å². The van der Waals surface area contributed by atoms with E-state index in [2.05, 4.69) is 20.4 Å². The molecular weight excluding hydrogens is 192 g/mol. The minimum atomic E-state index is 0.519. The van der Waals surface area contributed by atoms with Crippen molar-refractivity contribution in [2.24, 2.45) is 5.73 Å². The van der Waals surface area contributed by atoms with Gasteiger partial charge in [0.1, 0.15) is 0 Å². The van der Waals surface area contributed by atoms with Gasteiger partial charge < -0.3 is 5.73 Å². The predicted octanol–water partition coefficient (Wildman–Crippen LogP) is -0.382. The summed E-state index contributed by atoms with van der Waals surface area (Å²) in [6.07, 6.45) is 4.17. The molecule has 78 valence electrons. The van der Waals surface area contributed by atoms with E-state index in [1.165, 1.54) is 4.80 Å². The summed E-state index contributed by atoms with van der Waals surface area (Å²) >= 11 is 0. The first-order valence-electron chi connectivity index (χ1n) is 4.74. The summed E-state index contributed by atoms with van der Waals surface area (Å²) in [6.45, 7) is 1.12. The minimum Gasteiger partial charge on any atom is -0.329 e. The highest BCUT2D eigenvalue weighted by atomic mass is 15.6. The standard InChI is InChI=1S/C9H12N6/c10-3-6-15-13-9(12-14-15)7-8-1-4-11-5-2-8/h1-2,4-5H,3,6-7,10H2. The zero-order valence-corrected chi connectivity index (χ0v) is 8.24. The first-order chi connectivity index (χ1) is 7.38. The predicted molar refractivity (Wildman–Crippen MR) is 53.9 cm³/mol. The van der Waals surface area contributed by atoms with E-state index in [4.69, 9.17) is 5.73 Å². The van der Waals surface area contributed by atoms with Crippen LogP contribution in [0.3, 0.4) is 0 Å². The fourth-order valence-electron chi connectivity index (χ4n) is 1.24. The Balaban J connectivity index is 2.05. The molecule has 0 aromatic carbocycles. The molecule has 6 nitrogen and oxygen atoms in total. The zero-order valence-electron chi connectivity index (χ0n) is 8.24. The van der Waals surface area contributed by atoms with Crippen LogP contribution < -0.4 is 5.73 Å². The second-order valence-corrected chi connectivity index (χ2v) is 3.12. The fourth-order valence-corrected chi connectivity index (χ4v) is 1.24. The summed E-state index contributed by atoms with van der Waals surface area (Å²) in [5.41, 5.74) is 6.51. The van der Waals surface area contributed by atoms with Crippen LogP contribution in [0.4, 0.5) is 0 Å². The lowest BCUT2D eigenvalue weighted by molar-refractivity contribution is 0.529. The number of tetrazole rings is 1. The molecule has 0 saturated heterocycles. The van der Waals surface area contributed by atoms with Gasteiger partial charge in [-0.2, -0.15) is 4.80 Å². The molecule has 2 rings (SSSR count). The highest BCUT2D eigenvalue weighted by Crippen LogP contribution is 2.01. The molecule has 2 N–H and O–H groups in total. The number of aromatic nitrogens is 5. The Morgan fingerprint density at radius 2 is 2.07 bits per heavy atom. The van der Waals surface area contributed by atoms with Crippen LogP contribution in [0.15, 0.2) is 24.5 Å². The summed E-state index contributed by atoms with van der Waals surface area (Å²) in [6, 6.07) is 3.87. The molecule has 0 bridgehead atoms. The topological polar surface area (TPSA) is 82.5 Å². The molecule has 0 radical (unpaired) electrons. The van der Waals surface area contributed by atoms with Crippen LogP contribution >= 0.6 is 0 Å². The third-order valence-electron chi connectivity index (χ3n) is 1.93. The quantitative estimate of drug-likeness (QED) is 0.734. The van der Waals surface area contributed by atoms with Crippen molar-refractivity contribution in [3.63, 3.8) is 0 Å². The van der Waals surface area contributed by atoms with Crippen LogP contribution in [-0.2, 0) is 13.0 Å². The maximum Gasteiger partial charge on any atom is 0.179 e. The Morgan fingerprint density at radius 3 is 2.80 bits per heavy atom. The second-order valence-electron chi connectivity index (χ2n) is 3.12. The van der Waals surface area contributed by atoms with Gasteiger partial charge in [0.2, 0.25) is 0 Å². The number of hydrogen-bond donors (Lipinski definition) is 1. The van der Waals surface area contributed by atoms with Crippen molar-refractivity contribution in [1.29, 1.82) is 0 Å². The monoisotopic (exact) mass is 204 g/mol. The fraction of sp³-hybridized carbons (Fsp3) is 0.333. The highest BCUT2D eigenvalue weighted by Gasteiger charge is 2.02. The molecule has 2 aromatic rings. The highest BCUT2D eigenvalue weighted by molar-refractivity contribution is 5.14. The molecule has 6 heteroatoms. The average molecular weight is 204 g/mol. The Bertz CT molecular complexity index is 410. The van der Waals surface area contributed by atoms with E-state index >= 15 is 0 Å². The van der Waals surface area contributed by atoms with E-state index in [0.29, 0.717) is 25.3 Å². The molecule has 0 aliphatic carbocycles. The summed E-state index contributed by atoms with van der Waals surface area (Å²) in [4.78, 5) is 5.45. The number of hydrogen-bond acceptors (Lipinski definition) is 5. The van der Waals surface area contributed by atoms with Crippen LogP contribution in [0, 0.1) is 0 Å². The summed E-state index contributed by atoms with van der Waals surface area (Å²) in [7, 11) is 0. The van der Waals surface area contributed by atoms with Crippen LogP contribution in [0.1, 0.15) is 11.4 Å². The SMILES string of the molecule is NCCn1nnc(Cc2ccncc2)n1. The molecule has 0 fully saturated rings. The van der Waals surface area contributed by atoms with Gasteiger partial charge in [-0.3, -0.25) is 4.98 Å². The van der Waals surface area contributed by atoms with E-state index < -0.39 is 0 Å². The number of nitrogens with zero attached hydrogens (tertiary/aromatic N) is 5. The van der Waals surface area contributed by atoms with Gasteiger partial charge in [-0.1, -0.05) is 0 Å². The van der Waals surface area contributed by atoms with Crippen molar-refractivity contribution in [3.8, 4) is 0 Å². The van der Waals surface area contributed by atoms with Crippen molar-refractivity contribution in [2.75, 3.05) is 6.54 Å². The maximum atomic E-state index is 5.39. The second kappa shape index (κ2) is 4.61. The van der Waals surface area contributed by atoms with Gasteiger partial charge in [0, 0.05) is 25.4 Å². The minimum absolute atomic E-state index is 0.519. The van der Waals surface area contributed by atoms with Gasteiger partial charge >= 0.3 is 0 Å².